The lowest BCUT2D eigenvalue weighted by molar-refractivity contribution is 0.0203. The molecule has 182 valence electrons. The van der Waals surface area contributed by atoms with E-state index in [1.807, 2.05) is 50.4 Å². The standard InChI is InChI=1S/C23H28N10O2/c1-15-17(5-6-18(27-15)33-14-24-13-26-33)28-19-21-30-29-20(32(21)12-9-25-19)16-7-10-31(11-8-16)22(34)35-23(2,3)4/h5-6,9,12-14,16H,7-8,10-11H2,1-4H3,(H,25,28). The molecule has 5 rings (SSSR count). The van der Waals surface area contributed by atoms with Crippen molar-refractivity contribution in [2.24, 2.45) is 0 Å². The first-order chi connectivity index (χ1) is 16.8. The van der Waals surface area contributed by atoms with Gasteiger partial charge in [0.15, 0.2) is 11.6 Å². The minimum Gasteiger partial charge on any atom is -0.444 e. The molecule has 5 heterocycles. The molecule has 1 saturated heterocycles. The van der Waals surface area contributed by atoms with E-state index in [0.29, 0.717) is 30.4 Å². The van der Waals surface area contributed by atoms with Crippen LogP contribution in [-0.2, 0) is 4.74 Å². The molecular formula is C23H28N10O2. The van der Waals surface area contributed by atoms with E-state index in [9.17, 15) is 4.79 Å². The van der Waals surface area contributed by atoms with Crippen LogP contribution >= 0.6 is 0 Å². The number of rotatable bonds is 4. The van der Waals surface area contributed by atoms with Crippen LogP contribution in [-0.4, -0.2) is 69.0 Å². The summed E-state index contributed by atoms with van der Waals surface area (Å²) in [5, 5.41) is 16.4. The quantitative estimate of drug-likeness (QED) is 0.472. The molecule has 0 radical (unpaired) electrons. The molecule has 1 amide bonds. The number of aromatic nitrogens is 8. The molecule has 12 nitrogen and oxygen atoms in total. The van der Waals surface area contributed by atoms with Crippen molar-refractivity contribution < 1.29 is 9.53 Å². The van der Waals surface area contributed by atoms with Crippen molar-refractivity contribution in [3.05, 3.63) is 48.7 Å². The molecule has 1 aliphatic heterocycles. The van der Waals surface area contributed by atoms with Crippen LogP contribution in [0.15, 0.2) is 37.2 Å². The summed E-state index contributed by atoms with van der Waals surface area (Å²) in [6, 6.07) is 3.78. The third kappa shape index (κ3) is 4.77. The van der Waals surface area contributed by atoms with Crippen LogP contribution in [0.2, 0.25) is 0 Å². The van der Waals surface area contributed by atoms with Crippen molar-refractivity contribution in [2.45, 2.75) is 52.1 Å². The van der Waals surface area contributed by atoms with Gasteiger partial charge in [-0.1, -0.05) is 0 Å². The molecule has 0 aliphatic carbocycles. The number of carbonyl (C=O) groups excluding carboxylic acids is 1. The number of likely N-dealkylation sites (tertiary alicyclic amines) is 1. The van der Waals surface area contributed by atoms with Gasteiger partial charge in [-0.3, -0.25) is 4.40 Å². The Morgan fingerprint density at radius 1 is 1.17 bits per heavy atom. The predicted octanol–water partition coefficient (Wildman–Crippen LogP) is 3.27. The lowest BCUT2D eigenvalue weighted by Crippen LogP contribution is -2.41. The van der Waals surface area contributed by atoms with E-state index in [1.165, 1.54) is 6.33 Å². The fourth-order valence-electron chi connectivity index (χ4n) is 4.12. The molecule has 1 N–H and O–H groups in total. The second-order valence-electron chi connectivity index (χ2n) is 9.54. The number of amides is 1. The molecule has 1 fully saturated rings. The van der Waals surface area contributed by atoms with E-state index >= 15 is 0 Å². The number of pyridine rings is 1. The molecule has 12 heteroatoms. The summed E-state index contributed by atoms with van der Waals surface area (Å²) in [6.45, 7) is 8.78. The average molecular weight is 477 g/mol. The third-order valence-corrected chi connectivity index (χ3v) is 5.84. The van der Waals surface area contributed by atoms with E-state index in [0.717, 1.165) is 30.0 Å². The summed E-state index contributed by atoms with van der Waals surface area (Å²) in [6.07, 6.45) is 7.98. The fourth-order valence-corrected chi connectivity index (χ4v) is 4.12. The number of fused-ring (bicyclic) bond motifs is 1. The summed E-state index contributed by atoms with van der Waals surface area (Å²) in [4.78, 5) is 27.2. The Balaban J connectivity index is 1.32. The third-order valence-electron chi connectivity index (χ3n) is 5.84. The molecule has 35 heavy (non-hydrogen) atoms. The number of piperidine rings is 1. The maximum Gasteiger partial charge on any atom is 0.410 e. The van der Waals surface area contributed by atoms with Gasteiger partial charge in [0.1, 0.15) is 24.1 Å². The molecule has 0 spiro atoms. The molecule has 0 unspecified atom stereocenters. The summed E-state index contributed by atoms with van der Waals surface area (Å²) in [5.74, 6) is 2.32. The van der Waals surface area contributed by atoms with Gasteiger partial charge in [0.05, 0.1) is 11.4 Å². The van der Waals surface area contributed by atoms with Gasteiger partial charge in [-0.25, -0.2) is 24.4 Å². The minimum atomic E-state index is -0.502. The molecule has 4 aromatic heterocycles. The number of aryl methyl sites for hydroxylation is 1. The van der Waals surface area contributed by atoms with Crippen molar-refractivity contribution in [3.8, 4) is 5.82 Å². The summed E-state index contributed by atoms with van der Waals surface area (Å²) in [5.41, 5.74) is 1.73. The SMILES string of the molecule is Cc1nc(-n2cncn2)ccc1Nc1nccn2c(C3CCN(C(=O)OC(C)(C)C)CC3)nnc12. The zero-order chi connectivity index (χ0) is 24.6. The van der Waals surface area contributed by atoms with Crippen molar-refractivity contribution in [2.75, 3.05) is 18.4 Å². The fraction of sp³-hybridized carbons (Fsp3) is 0.435. The zero-order valence-electron chi connectivity index (χ0n) is 20.2. The second kappa shape index (κ2) is 8.93. The first kappa shape index (κ1) is 22.7. The zero-order valence-corrected chi connectivity index (χ0v) is 20.2. The van der Waals surface area contributed by atoms with Gasteiger partial charge in [-0.05, 0) is 52.7 Å². The minimum absolute atomic E-state index is 0.185. The van der Waals surface area contributed by atoms with E-state index in [-0.39, 0.29) is 12.0 Å². The number of nitrogens with one attached hydrogen (secondary N) is 1. The largest absolute Gasteiger partial charge is 0.444 e. The first-order valence-electron chi connectivity index (χ1n) is 11.6. The van der Waals surface area contributed by atoms with Gasteiger partial charge in [-0.2, -0.15) is 5.10 Å². The van der Waals surface area contributed by atoms with Crippen LogP contribution < -0.4 is 5.32 Å². The predicted molar refractivity (Wildman–Crippen MR) is 128 cm³/mol. The lowest BCUT2D eigenvalue weighted by Gasteiger charge is -2.32. The van der Waals surface area contributed by atoms with Gasteiger partial charge < -0.3 is 15.0 Å². The number of hydrogen-bond donors (Lipinski definition) is 1. The Bertz CT molecular complexity index is 1330. The van der Waals surface area contributed by atoms with E-state index in [1.54, 1.807) is 22.1 Å². The number of nitrogens with zero attached hydrogens (tertiary/aromatic N) is 9. The molecular weight excluding hydrogens is 448 g/mol. The highest BCUT2D eigenvalue weighted by atomic mass is 16.6. The Morgan fingerprint density at radius 2 is 1.97 bits per heavy atom. The Kier molecular flexibility index (Phi) is 5.79. The molecule has 0 bridgehead atoms. The van der Waals surface area contributed by atoms with Crippen molar-refractivity contribution >= 4 is 23.2 Å². The normalized spacial score (nSPS) is 14.9. The highest BCUT2D eigenvalue weighted by Crippen LogP contribution is 2.29. The first-order valence-corrected chi connectivity index (χ1v) is 11.6. The topological polar surface area (TPSA) is 128 Å². The van der Waals surface area contributed by atoms with E-state index in [4.69, 9.17) is 4.74 Å². The Morgan fingerprint density at radius 3 is 2.66 bits per heavy atom. The Labute approximate surface area is 202 Å². The lowest BCUT2D eigenvalue weighted by atomic mass is 9.96. The number of ether oxygens (including phenoxy) is 1. The summed E-state index contributed by atoms with van der Waals surface area (Å²) >= 11 is 0. The second-order valence-corrected chi connectivity index (χ2v) is 9.54. The van der Waals surface area contributed by atoms with Crippen LogP contribution in [0, 0.1) is 6.92 Å². The van der Waals surface area contributed by atoms with E-state index < -0.39 is 5.60 Å². The van der Waals surface area contributed by atoms with Gasteiger partial charge >= 0.3 is 6.09 Å². The molecule has 4 aromatic rings. The highest BCUT2D eigenvalue weighted by molar-refractivity contribution is 5.71. The molecule has 0 atom stereocenters. The van der Waals surface area contributed by atoms with Crippen LogP contribution in [0.5, 0.6) is 0 Å². The number of hydrogen-bond acceptors (Lipinski definition) is 9. The smallest absolute Gasteiger partial charge is 0.410 e. The van der Waals surface area contributed by atoms with Crippen LogP contribution in [0.25, 0.3) is 11.5 Å². The average Bonchev–Trinajstić information content (AvgIpc) is 3.50. The maximum absolute atomic E-state index is 12.4. The molecule has 0 saturated carbocycles. The van der Waals surface area contributed by atoms with Crippen LogP contribution in [0.4, 0.5) is 16.3 Å². The van der Waals surface area contributed by atoms with Gasteiger partial charge in [0.2, 0.25) is 5.65 Å². The van der Waals surface area contributed by atoms with Gasteiger partial charge in [0, 0.05) is 31.4 Å². The van der Waals surface area contributed by atoms with Gasteiger partial charge in [-0.15, -0.1) is 10.2 Å². The van der Waals surface area contributed by atoms with Crippen molar-refractivity contribution in [1.82, 2.24) is 44.2 Å². The van der Waals surface area contributed by atoms with Crippen molar-refractivity contribution in [3.63, 3.8) is 0 Å². The van der Waals surface area contributed by atoms with Crippen LogP contribution in [0.3, 0.4) is 0 Å². The maximum atomic E-state index is 12.4. The molecule has 0 aromatic carbocycles. The monoisotopic (exact) mass is 476 g/mol. The van der Waals surface area contributed by atoms with Crippen molar-refractivity contribution in [1.29, 1.82) is 0 Å². The summed E-state index contributed by atoms with van der Waals surface area (Å²) in [7, 11) is 0. The summed E-state index contributed by atoms with van der Waals surface area (Å²) < 4.78 is 9.08. The highest BCUT2D eigenvalue weighted by Gasteiger charge is 2.30. The Hall–Kier alpha value is -4.09. The molecule has 1 aliphatic rings. The van der Waals surface area contributed by atoms with Crippen LogP contribution in [0.1, 0.15) is 51.0 Å². The number of carbonyl (C=O) groups is 1. The van der Waals surface area contributed by atoms with E-state index in [2.05, 4.69) is 35.6 Å². The van der Waals surface area contributed by atoms with Gasteiger partial charge in [0.25, 0.3) is 0 Å². The number of anilines is 2.